The first-order chi connectivity index (χ1) is 24.5. The summed E-state index contributed by atoms with van der Waals surface area (Å²) in [4.78, 5) is 15.1. The third kappa shape index (κ3) is 4.35. The van der Waals surface area contributed by atoms with Gasteiger partial charge < -0.3 is 4.42 Å². The normalized spacial score (nSPS) is 13.2. The highest BCUT2D eigenvalue weighted by Gasteiger charge is 2.35. The number of rotatable bonds is 4. The highest BCUT2D eigenvalue weighted by atomic mass is 16.3. The van der Waals surface area contributed by atoms with Crippen LogP contribution in [0.1, 0.15) is 25.0 Å². The summed E-state index contributed by atoms with van der Waals surface area (Å²) in [6.45, 7) is 4.66. The molecule has 236 valence electrons. The van der Waals surface area contributed by atoms with E-state index in [1.807, 2.05) is 60.7 Å². The van der Waals surface area contributed by atoms with Crippen LogP contribution in [-0.2, 0) is 5.41 Å². The molecule has 1 aliphatic carbocycles. The van der Waals surface area contributed by atoms with Crippen molar-refractivity contribution in [2.75, 3.05) is 0 Å². The number of benzene rings is 7. The second-order valence-electron chi connectivity index (χ2n) is 13.6. The van der Waals surface area contributed by atoms with Gasteiger partial charge in [-0.25, -0.2) is 15.0 Å². The maximum absolute atomic E-state index is 6.63. The van der Waals surface area contributed by atoms with Crippen LogP contribution in [0.2, 0.25) is 0 Å². The van der Waals surface area contributed by atoms with Crippen molar-refractivity contribution in [3.8, 4) is 56.4 Å². The molecule has 0 spiro atoms. The Labute approximate surface area is 289 Å². The third-order valence-corrected chi connectivity index (χ3v) is 10.3. The van der Waals surface area contributed by atoms with E-state index in [1.54, 1.807) is 0 Å². The zero-order chi connectivity index (χ0) is 33.4. The molecule has 0 fully saturated rings. The van der Waals surface area contributed by atoms with E-state index in [-0.39, 0.29) is 5.41 Å². The summed E-state index contributed by atoms with van der Waals surface area (Å²) in [7, 11) is 0. The first-order valence-electron chi connectivity index (χ1n) is 17.0. The van der Waals surface area contributed by atoms with Crippen LogP contribution in [0.15, 0.2) is 156 Å². The Balaban J connectivity index is 1.18. The van der Waals surface area contributed by atoms with Gasteiger partial charge in [0.15, 0.2) is 17.5 Å². The van der Waals surface area contributed by atoms with Gasteiger partial charge in [0, 0.05) is 38.3 Å². The molecule has 9 aromatic rings. The van der Waals surface area contributed by atoms with E-state index < -0.39 is 0 Å². The maximum atomic E-state index is 6.63. The number of aromatic nitrogens is 3. The molecule has 0 N–H and O–H groups in total. The second-order valence-corrected chi connectivity index (χ2v) is 13.6. The molecule has 0 saturated heterocycles. The van der Waals surface area contributed by atoms with Crippen molar-refractivity contribution in [1.82, 2.24) is 15.0 Å². The summed E-state index contributed by atoms with van der Waals surface area (Å²) in [5.41, 5.74) is 12.2. The molecular formula is C46H31N3O. The van der Waals surface area contributed by atoms with Crippen LogP contribution in [0, 0.1) is 0 Å². The summed E-state index contributed by atoms with van der Waals surface area (Å²) in [5, 5.41) is 4.15. The molecular weight excluding hydrogens is 611 g/mol. The van der Waals surface area contributed by atoms with Crippen LogP contribution in [-0.4, -0.2) is 15.0 Å². The summed E-state index contributed by atoms with van der Waals surface area (Å²) < 4.78 is 6.63. The van der Waals surface area contributed by atoms with Crippen LogP contribution < -0.4 is 0 Å². The number of furan rings is 1. The molecule has 2 heterocycles. The van der Waals surface area contributed by atoms with Gasteiger partial charge in [0.05, 0.1) is 0 Å². The van der Waals surface area contributed by atoms with Crippen LogP contribution in [0.4, 0.5) is 0 Å². The van der Waals surface area contributed by atoms with Gasteiger partial charge in [0.2, 0.25) is 0 Å². The van der Waals surface area contributed by atoms with Crippen molar-refractivity contribution in [2.24, 2.45) is 0 Å². The molecule has 0 bridgehead atoms. The number of hydrogen-bond acceptors (Lipinski definition) is 4. The molecule has 10 rings (SSSR count). The van der Waals surface area contributed by atoms with Gasteiger partial charge in [-0.1, -0.05) is 141 Å². The molecule has 1 aliphatic rings. The van der Waals surface area contributed by atoms with Gasteiger partial charge >= 0.3 is 0 Å². The van der Waals surface area contributed by atoms with E-state index in [9.17, 15) is 0 Å². The molecule has 4 nitrogen and oxygen atoms in total. The van der Waals surface area contributed by atoms with Crippen LogP contribution in [0.5, 0.6) is 0 Å². The van der Waals surface area contributed by atoms with E-state index in [2.05, 4.69) is 105 Å². The van der Waals surface area contributed by atoms with Gasteiger partial charge in [-0.2, -0.15) is 0 Å². The fraction of sp³-hybridized carbons (Fsp3) is 0.0652. The fourth-order valence-electron chi connectivity index (χ4n) is 7.78. The minimum Gasteiger partial charge on any atom is -0.455 e. The van der Waals surface area contributed by atoms with E-state index >= 15 is 0 Å². The van der Waals surface area contributed by atoms with Crippen LogP contribution in [0.3, 0.4) is 0 Å². The zero-order valence-corrected chi connectivity index (χ0v) is 27.7. The smallest absolute Gasteiger partial charge is 0.164 e. The molecule has 7 aromatic carbocycles. The minimum atomic E-state index is -0.0655. The average Bonchev–Trinajstić information content (AvgIpc) is 3.66. The van der Waals surface area contributed by atoms with Crippen LogP contribution >= 0.6 is 0 Å². The SMILES string of the molecule is CC1(C)c2ccccc2-c2ccc(-c3ccc4oc5c6ccccc6c(-c6nc(-c7ccccc7)nc(-c7ccccc7)n6)cc5c4c3)cc21. The lowest BCUT2D eigenvalue weighted by Gasteiger charge is -2.22. The Hall–Kier alpha value is -6.39. The van der Waals surface area contributed by atoms with E-state index in [0.717, 1.165) is 55.0 Å². The van der Waals surface area contributed by atoms with Crippen LogP contribution in [0.25, 0.3) is 89.1 Å². The lowest BCUT2D eigenvalue weighted by atomic mass is 9.81. The van der Waals surface area contributed by atoms with E-state index in [4.69, 9.17) is 19.4 Å². The van der Waals surface area contributed by atoms with Gasteiger partial charge in [0.25, 0.3) is 0 Å². The Morgan fingerprint density at radius 2 is 0.980 bits per heavy atom. The molecule has 50 heavy (non-hydrogen) atoms. The lowest BCUT2D eigenvalue weighted by molar-refractivity contribution is 0.660. The van der Waals surface area contributed by atoms with E-state index in [1.165, 1.54) is 27.8 Å². The van der Waals surface area contributed by atoms with Crippen molar-refractivity contribution in [3.05, 3.63) is 163 Å². The topological polar surface area (TPSA) is 51.8 Å². The molecule has 0 amide bonds. The van der Waals surface area contributed by atoms with Crippen molar-refractivity contribution in [3.63, 3.8) is 0 Å². The second kappa shape index (κ2) is 10.8. The van der Waals surface area contributed by atoms with Gasteiger partial charge in [-0.3, -0.25) is 0 Å². The summed E-state index contributed by atoms with van der Waals surface area (Å²) in [6.07, 6.45) is 0. The quantitative estimate of drug-likeness (QED) is 0.192. The first-order valence-corrected chi connectivity index (χ1v) is 17.0. The highest BCUT2D eigenvalue weighted by Crippen LogP contribution is 2.50. The predicted octanol–water partition coefficient (Wildman–Crippen LogP) is 11.9. The monoisotopic (exact) mass is 641 g/mol. The average molecular weight is 642 g/mol. The molecule has 0 aliphatic heterocycles. The third-order valence-electron chi connectivity index (χ3n) is 10.3. The van der Waals surface area contributed by atoms with Crippen molar-refractivity contribution >= 4 is 32.7 Å². The van der Waals surface area contributed by atoms with Crippen molar-refractivity contribution in [1.29, 1.82) is 0 Å². The molecule has 0 unspecified atom stereocenters. The van der Waals surface area contributed by atoms with Crippen molar-refractivity contribution in [2.45, 2.75) is 19.3 Å². The summed E-state index contributed by atoms with van der Waals surface area (Å²) in [5.74, 6) is 1.90. The molecule has 0 atom stereocenters. The minimum absolute atomic E-state index is 0.0655. The number of fused-ring (bicyclic) bond motifs is 8. The first kappa shape index (κ1) is 28.6. The summed E-state index contributed by atoms with van der Waals surface area (Å²) in [6, 6.07) is 53.1. The highest BCUT2D eigenvalue weighted by molar-refractivity contribution is 6.19. The molecule has 0 saturated carbocycles. The van der Waals surface area contributed by atoms with Crippen molar-refractivity contribution < 1.29 is 4.42 Å². The van der Waals surface area contributed by atoms with E-state index in [0.29, 0.717) is 17.5 Å². The molecule has 4 heteroatoms. The Bertz CT molecular complexity index is 2720. The number of hydrogen-bond donors (Lipinski definition) is 0. The largest absolute Gasteiger partial charge is 0.455 e. The summed E-state index contributed by atoms with van der Waals surface area (Å²) >= 11 is 0. The lowest BCUT2D eigenvalue weighted by Crippen LogP contribution is -2.14. The Morgan fingerprint density at radius 3 is 1.72 bits per heavy atom. The zero-order valence-electron chi connectivity index (χ0n) is 27.7. The fourth-order valence-corrected chi connectivity index (χ4v) is 7.78. The van der Waals surface area contributed by atoms with Gasteiger partial charge in [-0.05, 0) is 63.0 Å². The maximum Gasteiger partial charge on any atom is 0.164 e. The predicted molar refractivity (Wildman–Crippen MR) is 204 cm³/mol. The van der Waals surface area contributed by atoms with Gasteiger partial charge in [0.1, 0.15) is 11.2 Å². The molecule has 0 radical (unpaired) electrons. The number of nitrogens with zero attached hydrogens (tertiary/aromatic N) is 3. The Morgan fingerprint density at radius 1 is 0.400 bits per heavy atom. The Kier molecular flexibility index (Phi) is 6.19. The standard InChI is InChI=1S/C46H31N3O/c1-46(2)39-20-12-11-18-33(39)34-23-21-31(26-40(34)46)30-22-24-41-36(25-30)37-27-38(32-17-9-10-19-35(32)42(37)50-41)45-48-43(28-13-5-3-6-14-28)47-44(49-45)29-15-7-4-8-16-29/h3-27H,1-2H3. The molecule has 2 aromatic heterocycles. The van der Waals surface area contributed by atoms with Gasteiger partial charge in [-0.15, -0.1) is 0 Å².